The summed E-state index contributed by atoms with van der Waals surface area (Å²) in [6.45, 7) is 9.59. The molecule has 146 valence electrons. The van der Waals surface area contributed by atoms with E-state index >= 15 is 0 Å². The second-order valence-electron chi connectivity index (χ2n) is 6.89. The highest BCUT2D eigenvalue weighted by Gasteiger charge is 2.31. The summed E-state index contributed by atoms with van der Waals surface area (Å²) in [5.41, 5.74) is 0.576. The number of ether oxygens (including phenoxy) is 1. The maximum absolute atomic E-state index is 12.9. The predicted molar refractivity (Wildman–Crippen MR) is 111 cm³/mol. The van der Waals surface area contributed by atoms with Gasteiger partial charge in [0.25, 0.3) is 5.91 Å². The molecule has 0 unspecified atom stereocenters. The molecule has 1 aliphatic rings. The highest BCUT2D eigenvalue weighted by atomic mass is 32.1. The second kappa shape index (κ2) is 9.35. The molecule has 6 heteroatoms. The summed E-state index contributed by atoms with van der Waals surface area (Å²) in [4.78, 5) is 19.2. The minimum atomic E-state index is -0.0892. The molecule has 3 rings (SSSR count). The van der Waals surface area contributed by atoms with Crippen molar-refractivity contribution in [3.05, 3.63) is 52.2 Å². The number of amides is 1. The van der Waals surface area contributed by atoms with Crippen LogP contribution in [-0.2, 0) is 0 Å². The summed E-state index contributed by atoms with van der Waals surface area (Å²) in [5.74, 6) is 0.514. The van der Waals surface area contributed by atoms with Gasteiger partial charge < -0.3 is 15.0 Å². The zero-order chi connectivity index (χ0) is 19.2. The van der Waals surface area contributed by atoms with Crippen LogP contribution in [0.25, 0.3) is 0 Å². The molecule has 1 aliphatic heterocycles. The molecule has 0 saturated carbocycles. The molecule has 0 aliphatic carbocycles. The molecule has 0 radical (unpaired) electrons. The van der Waals surface area contributed by atoms with Gasteiger partial charge in [-0.1, -0.05) is 25.1 Å². The Kier molecular flexibility index (Phi) is 6.88. The van der Waals surface area contributed by atoms with E-state index in [0.717, 1.165) is 32.7 Å². The first-order valence-corrected chi connectivity index (χ1v) is 10.5. The van der Waals surface area contributed by atoms with Crippen molar-refractivity contribution < 1.29 is 9.53 Å². The van der Waals surface area contributed by atoms with Gasteiger partial charge in [-0.3, -0.25) is 9.69 Å². The lowest BCUT2D eigenvalue weighted by molar-refractivity contribution is 0.0752. The van der Waals surface area contributed by atoms with E-state index < -0.39 is 0 Å². The first-order valence-electron chi connectivity index (χ1n) is 9.57. The summed E-state index contributed by atoms with van der Waals surface area (Å²) in [6, 6.07) is 11.8. The Bertz CT molecular complexity index is 727. The van der Waals surface area contributed by atoms with Crippen LogP contribution in [0.4, 0.5) is 0 Å². The Morgan fingerprint density at radius 1 is 1.19 bits per heavy atom. The number of hydrogen-bond donors (Lipinski definition) is 1. The molecule has 1 N–H and O–H groups in total. The third-order valence-electron chi connectivity index (χ3n) is 5.27. The van der Waals surface area contributed by atoms with Crippen LogP contribution in [0, 0.1) is 0 Å². The maximum atomic E-state index is 12.9. The van der Waals surface area contributed by atoms with E-state index in [1.165, 1.54) is 4.88 Å². The van der Waals surface area contributed by atoms with E-state index in [9.17, 15) is 4.79 Å². The van der Waals surface area contributed by atoms with E-state index in [2.05, 4.69) is 46.5 Å². The van der Waals surface area contributed by atoms with Gasteiger partial charge in [0.15, 0.2) is 0 Å². The SMILES string of the molecule is CCN1CCN([C@@H](c2cccs2)[C@@H](C)NC(=O)c2ccccc2OC)CC1. The average Bonchev–Trinajstić information content (AvgIpc) is 3.22. The number of thiophene rings is 1. The van der Waals surface area contributed by atoms with Crippen molar-refractivity contribution in [1.82, 2.24) is 15.1 Å². The largest absolute Gasteiger partial charge is 0.496 e. The van der Waals surface area contributed by atoms with Crippen molar-refractivity contribution in [2.75, 3.05) is 39.8 Å². The van der Waals surface area contributed by atoms with Gasteiger partial charge >= 0.3 is 0 Å². The van der Waals surface area contributed by atoms with E-state index in [0.29, 0.717) is 11.3 Å². The molecule has 2 aromatic rings. The van der Waals surface area contributed by atoms with Gasteiger partial charge in [-0.25, -0.2) is 0 Å². The van der Waals surface area contributed by atoms with E-state index in [1.807, 2.05) is 18.2 Å². The van der Waals surface area contributed by atoms with Gasteiger partial charge in [-0.05, 0) is 37.0 Å². The highest BCUT2D eigenvalue weighted by Crippen LogP contribution is 2.30. The Morgan fingerprint density at radius 2 is 1.93 bits per heavy atom. The first-order chi connectivity index (χ1) is 13.1. The third kappa shape index (κ3) is 4.69. The highest BCUT2D eigenvalue weighted by molar-refractivity contribution is 7.10. The van der Waals surface area contributed by atoms with Crippen molar-refractivity contribution >= 4 is 17.2 Å². The molecule has 1 saturated heterocycles. The van der Waals surface area contributed by atoms with Gasteiger partial charge in [-0.2, -0.15) is 0 Å². The Morgan fingerprint density at radius 3 is 2.56 bits per heavy atom. The molecular weight excluding hydrogens is 358 g/mol. The van der Waals surface area contributed by atoms with Gasteiger partial charge in [0.1, 0.15) is 5.75 Å². The smallest absolute Gasteiger partial charge is 0.255 e. The van der Waals surface area contributed by atoms with Crippen molar-refractivity contribution in [1.29, 1.82) is 0 Å². The molecule has 27 heavy (non-hydrogen) atoms. The van der Waals surface area contributed by atoms with Gasteiger partial charge in [0.2, 0.25) is 0 Å². The molecule has 0 spiro atoms. The summed E-state index contributed by atoms with van der Waals surface area (Å²) in [5, 5.41) is 5.32. The van der Waals surface area contributed by atoms with Crippen LogP contribution >= 0.6 is 11.3 Å². The number of hydrogen-bond acceptors (Lipinski definition) is 5. The van der Waals surface area contributed by atoms with Crippen LogP contribution < -0.4 is 10.1 Å². The summed E-state index contributed by atoms with van der Waals surface area (Å²) >= 11 is 1.76. The second-order valence-corrected chi connectivity index (χ2v) is 7.87. The van der Waals surface area contributed by atoms with Crippen molar-refractivity contribution in [2.45, 2.75) is 25.9 Å². The average molecular weight is 388 g/mol. The van der Waals surface area contributed by atoms with E-state index in [1.54, 1.807) is 24.5 Å². The fourth-order valence-corrected chi connectivity index (χ4v) is 4.72. The first kappa shape index (κ1) is 19.9. The van der Waals surface area contributed by atoms with Crippen LogP contribution in [0.3, 0.4) is 0 Å². The normalized spacial score (nSPS) is 18.0. The van der Waals surface area contributed by atoms with E-state index in [-0.39, 0.29) is 18.0 Å². The Hall–Kier alpha value is -1.89. The van der Waals surface area contributed by atoms with E-state index in [4.69, 9.17) is 4.74 Å². The summed E-state index contributed by atoms with van der Waals surface area (Å²) < 4.78 is 5.35. The Balaban J connectivity index is 1.75. The van der Waals surface area contributed by atoms with Gasteiger partial charge in [0, 0.05) is 37.1 Å². The zero-order valence-electron chi connectivity index (χ0n) is 16.4. The molecule has 1 aromatic heterocycles. The topological polar surface area (TPSA) is 44.8 Å². The van der Waals surface area contributed by atoms with Crippen LogP contribution in [0.2, 0.25) is 0 Å². The molecule has 2 heterocycles. The van der Waals surface area contributed by atoms with Crippen LogP contribution in [-0.4, -0.2) is 61.6 Å². The number of nitrogens with zero attached hydrogens (tertiary/aromatic N) is 2. The van der Waals surface area contributed by atoms with Crippen LogP contribution in [0.1, 0.15) is 35.1 Å². The van der Waals surface area contributed by atoms with Crippen LogP contribution in [0.5, 0.6) is 5.75 Å². The minimum Gasteiger partial charge on any atom is -0.496 e. The molecule has 0 bridgehead atoms. The zero-order valence-corrected chi connectivity index (χ0v) is 17.2. The molecule has 1 fully saturated rings. The minimum absolute atomic E-state index is 0.00533. The standard InChI is InChI=1S/C21H29N3O2S/c1-4-23-11-13-24(14-12-23)20(19-10-7-15-27-19)16(2)22-21(25)17-8-5-6-9-18(17)26-3/h5-10,15-16,20H,4,11-14H2,1-3H3,(H,22,25)/t16-,20-/m1/s1. The fraction of sp³-hybridized carbons (Fsp3) is 0.476. The monoisotopic (exact) mass is 387 g/mol. The number of benzene rings is 1. The Labute approximate surface area is 165 Å². The molecule has 5 nitrogen and oxygen atoms in total. The van der Waals surface area contributed by atoms with Gasteiger partial charge in [-0.15, -0.1) is 11.3 Å². The lowest BCUT2D eigenvalue weighted by Gasteiger charge is -2.41. The fourth-order valence-electron chi connectivity index (χ4n) is 3.76. The molecule has 1 aromatic carbocycles. The molecule has 1 amide bonds. The molecular formula is C21H29N3O2S. The van der Waals surface area contributed by atoms with Crippen molar-refractivity contribution in [3.63, 3.8) is 0 Å². The third-order valence-corrected chi connectivity index (χ3v) is 6.21. The van der Waals surface area contributed by atoms with Crippen LogP contribution in [0.15, 0.2) is 41.8 Å². The number of piperazine rings is 1. The quantitative estimate of drug-likeness (QED) is 0.792. The van der Waals surface area contributed by atoms with Crippen molar-refractivity contribution in [2.24, 2.45) is 0 Å². The molecule has 2 atom stereocenters. The summed E-state index contributed by atoms with van der Waals surface area (Å²) in [7, 11) is 1.59. The van der Waals surface area contributed by atoms with Gasteiger partial charge in [0.05, 0.1) is 18.7 Å². The predicted octanol–water partition coefficient (Wildman–Crippen LogP) is 3.25. The van der Waals surface area contributed by atoms with Crippen molar-refractivity contribution in [3.8, 4) is 5.75 Å². The number of likely N-dealkylation sites (N-methyl/N-ethyl adjacent to an activating group) is 1. The number of methoxy groups -OCH3 is 1. The number of nitrogens with one attached hydrogen (secondary N) is 1. The maximum Gasteiger partial charge on any atom is 0.255 e. The summed E-state index contributed by atoms with van der Waals surface area (Å²) in [6.07, 6.45) is 0. The number of carbonyl (C=O) groups excluding carboxylic acids is 1. The lowest BCUT2D eigenvalue weighted by atomic mass is 10.0. The number of para-hydroxylation sites is 1. The number of rotatable bonds is 7. The lowest BCUT2D eigenvalue weighted by Crippen LogP contribution is -2.52. The number of carbonyl (C=O) groups is 1.